The van der Waals surface area contributed by atoms with Gasteiger partial charge in [0.05, 0.1) is 17.3 Å². The minimum Gasteiger partial charge on any atom is -0.351 e. The molecule has 2 aromatic heterocycles. The van der Waals surface area contributed by atoms with E-state index in [9.17, 15) is 0 Å². The van der Waals surface area contributed by atoms with Crippen LogP contribution in [0.5, 0.6) is 0 Å². The average Bonchev–Trinajstić information content (AvgIpc) is 3.00. The number of aromatic nitrogens is 4. The summed E-state index contributed by atoms with van der Waals surface area (Å²) in [4.78, 5) is 11.3. The summed E-state index contributed by atoms with van der Waals surface area (Å²) in [5, 5.41) is 8.93. The van der Waals surface area contributed by atoms with Crippen LogP contribution >= 0.6 is 0 Å². The Balaban J connectivity index is 1.83. The summed E-state index contributed by atoms with van der Waals surface area (Å²) >= 11 is 0. The van der Waals surface area contributed by atoms with Gasteiger partial charge in [-0.1, -0.05) is 18.2 Å². The fourth-order valence-electron chi connectivity index (χ4n) is 2.97. The van der Waals surface area contributed by atoms with E-state index in [1.807, 2.05) is 41.2 Å². The summed E-state index contributed by atoms with van der Waals surface area (Å²) in [6, 6.07) is 10.5. The molecule has 112 valence electrons. The summed E-state index contributed by atoms with van der Waals surface area (Å²) in [5.41, 5.74) is 1.86. The molecule has 3 aromatic rings. The molecule has 0 amide bonds. The first-order chi connectivity index (χ1) is 10.8. The average molecular weight is 294 g/mol. The molecule has 1 aliphatic heterocycles. The Bertz CT molecular complexity index is 782. The summed E-state index contributed by atoms with van der Waals surface area (Å²) < 4.78 is 1.87. The molecular formula is C16H18N6. The Hall–Kier alpha value is -2.47. The number of para-hydroxylation sites is 1. The van der Waals surface area contributed by atoms with Gasteiger partial charge in [0.15, 0.2) is 5.65 Å². The highest BCUT2D eigenvalue weighted by atomic mass is 15.3. The van der Waals surface area contributed by atoms with Gasteiger partial charge in [0.1, 0.15) is 12.1 Å². The van der Waals surface area contributed by atoms with Gasteiger partial charge in [0, 0.05) is 25.7 Å². The largest absolute Gasteiger partial charge is 0.351 e. The van der Waals surface area contributed by atoms with Crippen molar-refractivity contribution in [3.05, 3.63) is 42.9 Å². The Kier molecular flexibility index (Phi) is 3.23. The van der Waals surface area contributed by atoms with Crippen molar-refractivity contribution in [2.24, 2.45) is 0 Å². The lowest BCUT2D eigenvalue weighted by Crippen LogP contribution is -2.50. The second kappa shape index (κ2) is 5.38. The molecule has 3 heterocycles. The molecule has 4 rings (SSSR count). The van der Waals surface area contributed by atoms with Crippen LogP contribution in [-0.4, -0.2) is 45.4 Å². The van der Waals surface area contributed by atoms with E-state index in [1.54, 1.807) is 6.33 Å². The molecule has 1 unspecified atom stereocenters. The number of rotatable bonds is 2. The fraction of sp³-hybridized carbons (Fsp3) is 0.312. The third kappa shape index (κ3) is 2.12. The van der Waals surface area contributed by atoms with E-state index in [2.05, 4.69) is 32.2 Å². The number of hydrogen-bond donors (Lipinski definition) is 1. The van der Waals surface area contributed by atoms with Gasteiger partial charge < -0.3 is 10.2 Å². The van der Waals surface area contributed by atoms with Gasteiger partial charge in [-0.2, -0.15) is 5.10 Å². The van der Waals surface area contributed by atoms with E-state index in [-0.39, 0.29) is 0 Å². The van der Waals surface area contributed by atoms with Gasteiger partial charge in [0.25, 0.3) is 0 Å². The first kappa shape index (κ1) is 13.2. The first-order valence-corrected chi connectivity index (χ1v) is 7.56. The Morgan fingerprint density at radius 3 is 2.86 bits per heavy atom. The molecule has 0 bridgehead atoms. The number of nitrogens with zero attached hydrogens (tertiary/aromatic N) is 5. The topological polar surface area (TPSA) is 58.9 Å². The van der Waals surface area contributed by atoms with E-state index in [0.717, 1.165) is 42.2 Å². The van der Waals surface area contributed by atoms with Crippen LogP contribution in [0, 0.1) is 0 Å². The predicted molar refractivity (Wildman–Crippen MR) is 86.3 cm³/mol. The van der Waals surface area contributed by atoms with E-state index < -0.39 is 0 Å². The van der Waals surface area contributed by atoms with Crippen LogP contribution in [0.15, 0.2) is 42.9 Å². The summed E-state index contributed by atoms with van der Waals surface area (Å²) in [7, 11) is 0. The van der Waals surface area contributed by atoms with E-state index in [1.165, 1.54) is 0 Å². The molecule has 0 spiro atoms. The molecule has 1 aliphatic rings. The third-order valence-electron chi connectivity index (χ3n) is 4.12. The Labute approximate surface area is 128 Å². The molecule has 1 N–H and O–H groups in total. The van der Waals surface area contributed by atoms with Crippen LogP contribution < -0.4 is 10.2 Å². The number of anilines is 1. The Morgan fingerprint density at radius 1 is 1.18 bits per heavy atom. The van der Waals surface area contributed by atoms with Gasteiger partial charge in [-0.05, 0) is 19.1 Å². The smallest absolute Gasteiger partial charge is 0.168 e. The number of hydrogen-bond acceptors (Lipinski definition) is 5. The third-order valence-corrected chi connectivity index (χ3v) is 4.12. The van der Waals surface area contributed by atoms with Crippen molar-refractivity contribution in [2.45, 2.75) is 13.0 Å². The zero-order chi connectivity index (χ0) is 14.9. The van der Waals surface area contributed by atoms with E-state index >= 15 is 0 Å². The minimum absolute atomic E-state index is 0.409. The first-order valence-electron chi connectivity index (χ1n) is 7.56. The van der Waals surface area contributed by atoms with Crippen LogP contribution in [0.4, 0.5) is 5.82 Å². The summed E-state index contributed by atoms with van der Waals surface area (Å²) in [6.45, 7) is 5.10. The molecule has 1 fully saturated rings. The number of nitrogens with one attached hydrogen (secondary N) is 1. The predicted octanol–water partition coefficient (Wildman–Crippen LogP) is 1.61. The van der Waals surface area contributed by atoms with Gasteiger partial charge in [-0.25, -0.2) is 14.6 Å². The van der Waals surface area contributed by atoms with Crippen molar-refractivity contribution in [3.8, 4) is 5.69 Å². The maximum absolute atomic E-state index is 4.52. The normalized spacial score (nSPS) is 18.8. The highest BCUT2D eigenvalue weighted by Gasteiger charge is 2.22. The lowest BCUT2D eigenvalue weighted by Gasteiger charge is -2.35. The molecule has 0 radical (unpaired) electrons. The molecular weight excluding hydrogens is 276 g/mol. The van der Waals surface area contributed by atoms with Crippen molar-refractivity contribution in [1.29, 1.82) is 0 Å². The van der Waals surface area contributed by atoms with Crippen molar-refractivity contribution in [3.63, 3.8) is 0 Å². The zero-order valence-corrected chi connectivity index (χ0v) is 12.5. The second-order valence-corrected chi connectivity index (χ2v) is 5.57. The minimum atomic E-state index is 0.409. The molecule has 1 aromatic carbocycles. The number of piperazine rings is 1. The fourth-order valence-corrected chi connectivity index (χ4v) is 2.97. The van der Waals surface area contributed by atoms with Gasteiger partial charge in [0.2, 0.25) is 0 Å². The van der Waals surface area contributed by atoms with Gasteiger partial charge in [-0.15, -0.1) is 0 Å². The molecule has 1 saturated heterocycles. The van der Waals surface area contributed by atoms with E-state index in [0.29, 0.717) is 6.04 Å². The highest BCUT2D eigenvalue weighted by molar-refractivity contribution is 5.87. The molecule has 6 heteroatoms. The molecule has 0 aliphatic carbocycles. The maximum Gasteiger partial charge on any atom is 0.168 e. The van der Waals surface area contributed by atoms with Gasteiger partial charge >= 0.3 is 0 Å². The van der Waals surface area contributed by atoms with Gasteiger partial charge in [-0.3, -0.25) is 0 Å². The van der Waals surface area contributed by atoms with Crippen molar-refractivity contribution < 1.29 is 0 Å². The monoisotopic (exact) mass is 294 g/mol. The van der Waals surface area contributed by atoms with Crippen LogP contribution in [0.25, 0.3) is 16.7 Å². The van der Waals surface area contributed by atoms with Crippen LogP contribution in [-0.2, 0) is 0 Å². The quantitative estimate of drug-likeness (QED) is 0.778. The van der Waals surface area contributed by atoms with Crippen molar-refractivity contribution in [1.82, 2.24) is 25.1 Å². The maximum atomic E-state index is 4.52. The standard InChI is InChI=1S/C16H18N6/c1-12-9-17-7-8-21(12)15-14-10-20-22(16(14)19-11-18-15)13-5-3-2-4-6-13/h2-6,10-12,17H,7-9H2,1H3. The summed E-state index contributed by atoms with van der Waals surface area (Å²) in [5.74, 6) is 0.973. The van der Waals surface area contributed by atoms with Crippen molar-refractivity contribution >= 4 is 16.9 Å². The molecule has 1 atom stereocenters. The lowest BCUT2D eigenvalue weighted by molar-refractivity contribution is 0.498. The molecule has 0 saturated carbocycles. The van der Waals surface area contributed by atoms with Crippen molar-refractivity contribution in [2.75, 3.05) is 24.5 Å². The second-order valence-electron chi connectivity index (χ2n) is 5.57. The number of benzene rings is 1. The van der Waals surface area contributed by atoms with Crippen LogP contribution in [0.2, 0.25) is 0 Å². The zero-order valence-electron chi connectivity index (χ0n) is 12.5. The van der Waals surface area contributed by atoms with Crippen LogP contribution in [0.3, 0.4) is 0 Å². The molecule has 6 nitrogen and oxygen atoms in total. The SMILES string of the molecule is CC1CNCCN1c1ncnc2c1cnn2-c1ccccc1. The molecule has 22 heavy (non-hydrogen) atoms. The Morgan fingerprint density at radius 2 is 2.05 bits per heavy atom. The summed E-state index contributed by atoms with van der Waals surface area (Å²) in [6.07, 6.45) is 3.50. The highest BCUT2D eigenvalue weighted by Crippen LogP contribution is 2.26. The number of fused-ring (bicyclic) bond motifs is 1. The van der Waals surface area contributed by atoms with Crippen LogP contribution in [0.1, 0.15) is 6.92 Å². The van der Waals surface area contributed by atoms with E-state index in [4.69, 9.17) is 0 Å². The lowest BCUT2D eigenvalue weighted by atomic mass is 10.2.